The van der Waals surface area contributed by atoms with Gasteiger partial charge in [0.1, 0.15) is 5.52 Å². The molecule has 0 aliphatic rings. The first-order chi connectivity index (χ1) is 13.8. The number of nitrogens with one attached hydrogen (secondary N) is 1. The van der Waals surface area contributed by atoms with Gasteiger partial charge < -0.3 is 14.9 Å². The molecule has 0 bridgehead atoms. The van der Waals surface area contributed by atoms with Crippen LogP contribution in [-0.2, 0) is 19.6 Å². The van der Waals surface area contributed by atoms with Crippen LogP contribution in [0.1, 0.15) is 18.4 Å². The van der Waals surface area contributed by atoms with Crippen molar-refractivity contribution in [3.8, 4) is 11.8 Å². The number of hydrogen-bond donors (Lipinski definition) is 2. The monoisotopic (exact) mass is 433 g/mol. The minimum absolute atomic E-state index is 0.0271. The summed E-state index contributed by atoms with van der Waals surface area (Å²) in [6.45, 7) is 0. The Balaban J connectivity index is 1.87. The topological polar surface area (TPSA) is 125 Å². The summed E-state index contributed by atoms with van der Waals surface area (Å²) in [7, 11) is -2.65. The van der Waals surface area contributed by atoms with E-state index in [1.807, 2.05) is 0 Å². The molecule has 150 valence electrons. The number of nitrogen functional groups attached to an aromatic ring is 1. The zero-order valence-corrected chi connectivity index (χ0v) is 16.8. The van der Waals surface area contributed by atoms with Crippen molar-refractivity contribution in [3.63, 3.8) is 0 Å². The number of esters is 1. The van der Waals surface area contributed by atoms with Gasteiger partial charge >= 0.3 is 5.97 Å². The summed E-state index contributed by atoms with van der Waals surface area (Å²) >= 11 is 6.01. The average Bonchev–Trinajstić information content (AvgIpc) is 3.06. The second-order valence-corrected chi connectivity index (χ2v) is 7.97. The fraction of sp³-hybridized carbons (Fsp3) is 0.158. The van der Waals surface area contributed by atoms with Gasteiger partial charge in [-0.1, -0.05) is 23.4 Å². The smallest absolute Gasteiger partial charge is 0.306 e. The SMILES string of the molecule is COC(=O)CCC#Cc1cc(Cl)ccc1NS(=O)(=O)c1ccc2nc(N)oc2c1. The van der Waals surface area contributed by atoms with Crippen LogP contribution < -0.4 is 10.5 Å². The molecule has 0 radical (unpaired) electrons. The lowest BCUT2D eigenvalue weighted by molar-refractivity contribution is -0.140. The molecule has 10 heteroatoms. The van der Waals surface area contributed by atoms with Crippen LogP contribution in [0.3, 0.4) is 0 Å². The summed E-state index contributed by atoms with van der Waals surface area (Å²) < 4.78 is 37.8. The number of fused-ring (bicyclic) bond motifs is 1. The predicted octanol–water partition coefficient (Wildman–Crippen LogP) is 3.17. The number of sulfonamides is 1. The van der Waals surface area contributed by atoms with Crippen molar-refractivity contribution >= 4 is 50.4 Å². The first kappa shape index (κ1) is 20.5. The lowest BCUT2D eigenvalue weighted by Gasteiger charge is -2.10. The Hall–Kier alpha value is -3.22. The second-order valence-electron chi connectivity index (χ2n) is 5.85. The van der Waals surface area contributed by atoms with E-state index < -0.39 is 10.0 Å². The highest BCUT2D eigenvalue weighted by atomic mass is 35.5. The van der Waals surface area contributed by atoms with E-state index >= 15 is 0 Å². The van der Waals surface area contributed by atoms with E-state index in [9.17, 15) is 13.2 Å². The number of benzene rings is 2. The van der Waals surface area contributed by atoms with Crippen molar-refractivity contribution < 1.29 is 22.4 Å². The van der Waals surface area contributed by atoms with E-state index in [0.29, 0.717) is 16.1 Å². The Morgan fingerprint density at radius 2 is 2.10 bits per heavy atom. The van der Waals surface area contributed by atoms with Gasteiger partial charge in [0.25, 0.3) is 16.0 Å². The van der Waals surface area contributed by atoms with Gasteiger partial charge in [0.2, 0.25) is 0 Å². The summed E-state index contributed by atoms with van der Waals surface area (Å²) in [6.07, 6.45) is 0.389. The highest BCUT2D eigenvalue weighted by Crippen LogP contribution is 2.25. The van der Waals surface area contributed by atoms with Crippen LogP contribution in [0.5, 0.6) is 0 Å². The molecule has 0 fully saturated rings. The zero-order chi connectivity index (χ0) is 21.0. The molecule has 0 aliphatic carbocycles. The fourth-order valence-electron chi connectivity index (χ4n) is 2.43. The number of oxazole rings is 1. The van der Waals surface area contributed by atoms with Gasteiger partial charge in [-0.15, -0.1) is 0 Å². The van der Waals surface area contributed by atoms with Gasteiger partial charge in [-0.2, -0.15) is 4.98 Å². The maximum absolute atomic E-state index is 12.8. The van der Waals surface area contributed by atoms with Gasteiger partial charge in [0.15, 0.2) is 5.58 Å². The third kappa shape index (κ3) is 4.99. The van der Waals surface area contributed by atoms with E-state index in [4.69, 9.17) is 21.8 Å². The van der Waals surface area contributed by atoms with E-state index in [2.05, 4.69) is 26.3 Å². The second kappa shape index (κ2) is 8.43. The van der Waals surface area contributed by atoms with Crippen molar-refractivity contribution in [3.05, 3.63) is 47.0 Å². The minimum atomic E-state index is -3.94. The third-order valence-electron chi connectivity index (χ3n) is 3.82. The largest absolute Gasteiger partial charge is 0.469 e. The number of nitrogens with two attached hydrogens (primary N) is 1. The molecular formula is C19H16ClN3O5S. The molecule has 3 N–H and O–H groups in total. The van der Waals surface area contributed by atoms with Crippen LogP contribution in [0.2, 0.25) is 5.02 Å². The minimum Gasteiger partial charge on any atom is -0.469 e. The fourth-order valence-corrected chi connectivity index (χ4v) is 3.69. The molecule has 0 atom stereocenters. The van der Waals surface area contributed by atoms with Crippen LogP contribution in [0.25, 0.3) is 11.1 Å². The molecule has 2 aromatic carbocycles. The van der Waals surface area contributed by atoms with Gasteiger partial charge in [-0.25, -0.2) is 8.42 Å². The first-order valence-corrected chi connectivity index (χ1v) is 10.2. The van der Waals surface area contributed by atoms with Crippen molar-refractivity contribution in [1.29, 1.82) is 0 Å². The summed E-state index contributed by atoms with van der Waals surface area (Å²) in [5.41, 5.74) is 6.82. The number of aromatic nitrogens is 1. The number of methoxy groups -OCH3 is 1. The molecule has 1 heterocycles. The average molecular weight is 434 g/mol. The first-order valence-electron chi connectivity index (χ1n) is 8.32. The number of halogens is 1. The zero-order valence-electron chi connectivity index (χ0n) is 15.2. The van der Waals surface area contributed by atoms with Gasteiger partial charge in [0, 0.05) is 17.5 Å². The van der Waals surface area contributed by atoms with Crippen molar-refractivity contribution in [2.45, 2.75) is 17.7 Å². The molecule has 3 aromatic rings. The van der Waals surface area contributed by atoms with Crippen molar-refractivity contribution in [2.75, 3.05) is 17.6 Å². The summed E-state index contributed by atoms with van der Waals surface area (Å²) in [4.78, 5) is 15.1. The van der Waals surface area contributed by atoms with Crippen LogP contribution in [0, 0.1) is 11.8 Å². The van der Waals surface area contributed by atoms with E-state index in [-0.39, 0.29) is 41.0 Å². The van der Waals surface area contributed by atoms with Gasteiger partial charge in [-0.05, 0) is 30.3 Å². The van der Waals surface area contributed by atoms with E-state index in [0.717, 1.165) is 0 Å². The van der Waals surface area contributed by atoms with Crippen LogP contribution in [0.4, 0.5) is 11.7 Å². The maximum Gasteiger partial charge on any atom is 0.306 e. The lowest BCUT2D eigenvalue weighted by atomic mass is 10.2. The van der Waals surface area contributed by atoms with Gasteiger partial charge in [-0.3, -0.25) is 9.52 Å². The summed E-state index contributed by atoms with van der Waals surface area (Å²) in [6, 6.07) is 8.76. The third-order valence-corrected chi connectivity index (χ3v) is 5.42. The van der Waals surface area contributed by atoms with E-state index in [1.54, 1.807) is 6.07 Å². The number of ether oxygens (including phenoxy) is 1. The number of anilines is 2. The Kier molecular flexibility index (Phi) is 5.96. The lowest BCUT2D eigenvalue weighted by Crippen LogP contribution is -2.13. The number of rotatable bonds is 5. The molecule has 8 nitrogen and oxygen atoms in total. The summed E-state index contributed by atoms with van der Waals surface area (Å²) in [5, 5.41) is 0.392. The number of hydrogen-bond acceptors (Lipinski definition) is 7. The van der Waals surface area contributed by atoms with Crippen LogP contribution >= 0.6 is 11.6 Å². The molecule has 3 rings (SSSR count). The van der Waals surface area contributed by atoms with E-state index in [1.165, 1.54) is 37.4 Å². The molecule has 0 saturated carbocycles. The quantitative estimate of drug-likeness (QED) is 0.467. The summed E-state index contributed by atoms with van der Waals surface area (Å²) in [5.74, 6) is 5.25. The van der Waals surface area contributed by atoms with Crippen molar-refractivity contribution in [1.82, 2.24) is 4.98 Å². The highest BCUT2D eigenvalue weighted by molar-refractivity contribution is 7.92. The Morgan fingerprint density at radius 1 is 1.31 bits per heavy atom. The Morgan fingerprint density at radius 3 is 2.86 bits per heavy atom. The molecule has 0 aliphatic heterocycles. The molecule has 0 saturated heterocycles. The molecular weight excluding hydrogens is 418 g/mol. The molecule has 0 unspecified atom stereocenters. The van der Waals surface area contributed by atoms with Crippen molar-refractivity contribution in [2.24, 2.45) is 0 Å². The molecule has 1 aromatic heterocycles. The number of nitrogens with zero attached hydrogens (tertiary/aromatic N) is 1. The standard InChI is InChI=1S/C19H16ClN3O5S/c1-27-18(24)5-3-2-4-12-10-13(20)6-8-15(12)23-29(25,26)14-7-9-16-17(11-14)28-19(21)22-16/h6-11,23H,3,5H2,1H3,(H2,21,22). The highest BCUT2D eigenvalue weighted by Gasteiger charge is 2.18. The van der Waals surface area contributed by atoms with Crippen LogP contribution in [0.15, 0.2) is 45.7 Å². The normalized spacial score (nSPS) is 11.0. The number of carbonyl (C=O) groups excluding carboxylic acids is 1. The van der Waals surface area contributed by atoms with Crippen LogP contribution in [-0.4, -0.2) is 26.5 Å². The number of carbonyl (C=O) groups is 1. The maximum atomic E-state index is 12.8. The Bertz CT molecular complexity index is 1240. The molecule has 29 heavy (non-hydrogen) atoms. The molecule has 0 amide bonds. The Labute approximate surface area is 172 Å². The predicted molar refractivity (Wildman–Crippen MR) is 109 cm³/mol. The molecule has 0 spiro atoms. The van der Waals surface area contributed by atoms with Gasteiger partial charge in [0.05, 0.1) is 29.7 Å².